The number of benzene rings is 3. The third-order valence-corrected chi connectivity index (χ3v) is 6.57. The van der Waals surface area contributed by atoms with E-state index in [4.69, 9.17) is 14.2 Å². The third kappa shape index (κ3) is 6.43. The molecule has 0 bridgehead atoms. The number of halogens is 2. The lowest BCUT2D eigenvalue weighted by atomic mass is 10.1. The minimum atomic E-state index is -0.813. The summed E-state index contributed by atoms with van der Waals surface area (Å²) in [4.78, 5) is 39.1. The molecule has 0 radical (unpaired) electrons. The van der Waals surface area contributed by atoms with Crippen LogP contribution in [0, 0.1) is 6.92 Å². The Morgan fingerprint density at radius 1 is 0.895 bits per heavy atom. The van der Waals surface area contributed by atoms with Gasteiger partial charge in [0.05, 0.1) is 16.8 Å². The maximum atomic E-state index is 13.2. The molecule has 4 amide bonds. The van der Waals surface area contributed by atoms with Crippen LogP contribution in [0.1, 0.15) is 18.1 Å². The molecule has 0 unspecified atom stereocenters. The molecule has 1 heterocycles. The van der Waals surface area contributed by atoms with Crippen LogP contribution in [-0.4, -0.2) is 37.7 Å². The van der Waals surface area contributed by atoms with E-state index in [1.54, 1.807) is 36.4 Å². The lowest BCUT2D eigenvalue weighted by molar-refractivity contribution is -0.122. The summed E-state index contributed by atoms with van der Waals surface area (Å²) >= 11 is 6.83. The van der Waals surface area contributed by atoms with Crippen molar-refractivity contribution in [2.75, 3.05) is 24.7 Å². The lowest BCUT2D eigenvalue weighted by Crippen LogP contribution is -2.54. The average Bonchev–Trinajstić information content (AvgIpc) is 2.88. The number of hydrogen-bond acceptors (Lipinski definition) is 6. The van der Waals surface area contributed by atoms with Crippen LogP contribution in [0.2, 0.25) is 0 Å². The maximum Gasteiger partial charge on any atom is 0.335 e. The van der Waals surface area contributed by atoms with Crippen molar-refractivity contribution in [3.05, 3.63) is 86.3 Å². The van der Waals surface area contributed by atoms with Crippen LogP contribution in [0.15, 0.2) is 75.2 Å². The summed E-state index contributed by atoms with van der Waals surface area (Å²) < 4.78 is 18.8. The molecule has 10 heteroatoms. The summed E-state index contributed by atoms with van der Waals surface area (Å²) in [6.45, 7) is 4.80. The maximum absolute atomic E-state index is 13.2. The predicted molar refractivity (Wildman–Crippen MR) is 151 cm³/mol. The Bertz CT molecular complexity index is 1390. The summed E-state index contributed by atoms with van der Waals surface area (Å²) in [7, 11) is 0. The largest absolute Gasteiger partial charge is 0.490 e. The molecule has 0 aromatic heterocycles. The molecule has 38 heavy (non-hydrogen) atoms. The SMILES string of the molecule is CCOc1cc(C=C2C(=O)NC(=O)N(c3ccc(Br)cc3)C2=O)cc(Br)c1OCCOc1ccc(C)cc1. The molecular formula is C28H24Br2N2O6. The highest BCUT2D eigenvalue weighted by Gasteiger charge is 2.36. The number of anilines is 1. The van der Waals surface area contributed by atoms with Gasteiger partial charge in [0.25, 0.3) is 11.8 Å². The van der Waals surface area contributed by atoms with E-state index in [9.17, 15) is 14.4 Å². The van der Waals surface area contributed by atoms with Crippen molar-refractivity contribution in [2.45, 2.75) is 13.8 Å². The standard InChI is InChI=1S/C28H24Br2N2O6/c1-3-36-24-16-18(15-23(30)25(24)38-13-12-37-21-10-4-17(2)5-11-21)14-22-26(33)31-28(35)32(27(22)34)20-8-6-19(29)7-9-20/h4-11,14-16H,3,12-13H2,1-2H3,(H,31,33,35). The van der Waals surface area contributed by atoms with E-state index in [2.05, 4.69) is 37.2 Å². The lowest BCUT2D eigenvalue weighted by Gasteiger charge is -2.26. The first-order valence-electron chi connectivity index (χ1n) is 11.7. The van der Waals surface area contributed by atoms with E-state index in [1.807, 2.05) is 38.1 Å². The fraction of sp³-hybridized carbons (Fsp3) is 0.179. The third-order valence-electron chi connectivity index (χ3n) is 5.45. The molecule has 1 aliphatic heterocycles. The van der Waals surface area contributed by atoms with E-state index < -0.39 is 17.8 Å². The van der Waals surface area contributed by atoms with Crippen molar-refractivity contribution in [3.63, 3.8) is 0 Å². The zero-order chi connectivity index (χ0) is 27.2. The van der Waals surface area contributed by atoms with Crippen LogP contribution in [0.25, 0.3) is 6.08 Å². The van der Waals surface area contributed by atoms with E-state index in [1.165, 1.54) is 6.08 Å². The number of barbiturate groups is 1. The summed E-state index contributed by atoms with van der Waals surface area (Å²) in [5.74, 6) is 0.122. The molecule has 4 rings (SSSR count). The molecule has 0 aliphatic carbocycles. The molecule has 0 saturated carbocycles. The summed E-state index contributed by atoms with van der Waals surface area (Å²) in [5.41, 5.74) is 1.80. The Morgan fingerprint density at radius 3 is 2.26 bits per heavy atom. The minimum Gasteiger partial charge on any atom is -0.490 e. The van der Waals surface area contributed by atoms with Gasteiger partial charge in [0, 0.05) is 4.47 Å². The van der Waals surface area contributed by atoms with Gasteiger partial charge in [-0.15, -0.1) is 0 Å². The fourth-order valence-electron chi connectivity index (χ4n) is 3.66. The second kappa shape index (κ2) is 12.3. The van der Waals surface area contributed by atoms with E-state index in [-0.39, 0.29) is 12.2 Å². The first-order chi connectivity index (χ1) is 18.3. The first kappa shape index (κ1) is 27.4. The number of carbonyl (C=O) groups excluding carboxylic acids is 3. The van der Waals surface area contributed by atoms with Crippen LogP contribution < -0.4 is 24.4 Å². The van der Waals surface area contributed by atoms with Crippen molar-refractivity contribution in [1.82, 2.24) is 5.32 Å². The Labute approximate surface area is 236 Å². The number of nitrogens with zero attached hydrogens (tertiary/aromatic N) is 1. The molecule has 1 saturated heterocycles. The highest BCUT2D eigenvalue weighted by molar-refractivity contribution is 9.10. The van der Waals surface area contributed by atoms with Gasteiger partial charge in [-0.2, -0.15) is 0 Å². The molecule has 8 nitrogen and oxygen atoms in total. The van der Waals surface area contributed by atoms with E-state index in [0.29, 0.717) is 40.4 Å². The summed E-state index contributed by atoms with van der Waals surface area (Å²) in [6.07, 6.45) is 1.41. The molecule has 1 N–H and O–H groups in total. The number of aryl methyl sites for hydroxylation is 1. The molecule has 0 spiro atoms. The van der Waals surface area contributed by atoms with Gasteiger partial charge >= 0.3 is 6.03 Å². The number of amides is 4. The van der Waals surface area contributed by atoms with Gasteiger partial charge in [0.1, 0.15) is 24.5 Å². The Kier molecular flexibility index (Phi) is 8.85. The highest BCUT2D eigenvalue weighted by Crippen LogP contribution is 2.38. The van der Waals surface area contributed by atoms with Gasteiger partial charge in [0.2, 0.25) is 0 Å². The monoisotopic (exact) mass is 642 g/mol. The van der Waals surface area contributed by atoms with Crippen molar-refractivity contribution >= 4 is 61.5 Å². The van der Waals surface area contributed by atoms with Crippen molar-refractivity contribution in [2.24, 2.45) is 0 Å². The van der Waals surface area contributed by atoms with Crippen molar-refractivity contribution < 1.29 is 28.6 Å². The number of nitrogens with one attached hydrogen (secondary N) is 1. The molecule has 0 atom stereocenters. The smallest absolute Gasteiger partial charge is 0.335 e. The summed E-state index contributed by atoms with van der Waals surface area (Å²) in [6, 6.07) is 16.9. The van der Waals surface area contributed by atoms with Crippen LogP contribution in [0.5, 0.6) is 17.2 Å². The first-order valence-corrected chi connectivity index (χ1v) is 13.3. The highest BCUT2D eigenvalue weighted by atomic mass is 79.9. The molecule has 1 fully saturated rings. The Balaban J connectivity index is 1.54. The van der Waals surface area contributed by atoms with Crippen LogP contribution in [-0.2, 0) is 9.59 Å². The predicted octanol–water partition coefficient (Wildman–Crippen LogP) is 6.04. The fourth-order valence-corrected chi connectivity index (χ4v) is 4.50. The number of carbonyl (C=O) groups is 3. The van der Waals surface area contributed by atoms with Gasteiger partial charge in [-0.1, -0.05) is 33.6 Å². The molecule has 3 aromatic carbocycles. The second-order valence-electron chi connectivity index (χ2n) is 8.21. The molecule has 196 valence electrons. The Morgan fingerprint density at radius 2 is 1.58 bits per heavy atom. The Hall–Kier alpha value is -3.63. The van der Waals surface area contributed by atoms with Gasteiger partial charge in [0.15, 0.2) is 11.5 Å². The topological polar surface area (TPSA) is 94.2 Å². The zero-order valence-corrected chi connectivity index (χ0v) is 23.8. The zero-order valence-electron chi connectivity index (χ0n) is 20.6. The molecule has 1 aliphatic rings. The number of hydrogen-bond donors (Lipinski definition) is 1. The normalized spacial score (nSPS) is 14.5. The van der Waals surface area contributed by atoms with E-state index >= 15 is 0 Å². The van der Waals surface area contributed by atoms with Gasteiger partial charge in [-0.3, -0.25) is 14.9 Å². The molecule has 3 aromatic rings. The summed E-state index contributed by atoms with van der Waals surface area (Å²) in [5, 5.41) is 2.23. The number of ether oxygens (including phenoxy) is 3. The van der Waals surface area contributed by atoms with Crippen molar-refractivity contribution in [1.29, 1.82) is 0 Å². The second-order valence-corrected chi connectivity index (χ2v) is 9.98. The van der Waals surface area contributed by atoms with Crippen LogP contribution in [0.4, 0.5) is 10.5 Å². The number of rotatable bonds is 9. The van der Waals surface area contributed by atoms with Crippen molar-refractivity contribution in [3.8, 4) is 17.2 Å². The van der Waals surface area contributed by atoms with Crippen LogP contribution >= 0.6 is 31.9 Å². The van der Waals surface area contributed by atoms with Gasteiger partial charge in [-0.05, 0) is 89.9 Å². The minimum absolute atomic E-state index is 0.193. The molecular weight excluding hydrogens is 620 g/mol. The number of imide groups is 2. The van der Waals surface area contributed by atoms with Gasteiger partial charge in [-0.25, -0.2) is 9.69 Å². The quantitative estimate of drug-likeness (QED) is 0.174. The van der Waals surface area contributed by atoms with Crippen LogP contribution in [0.3, 0.4) is 0 Å². The average molecular weight is 644 g/mol. The number of urea groups is 1. The van der Waals surface area contributed by atoms with Gasteiger partial charge < -0.3 is 14.2 Å². The van der Waals surface area contributed by atoms with E-state index in [0.717, 1.165) is 20.7 Å².